The van der Waals surface area contributed by atoms with E-state index >= 15 is 0 Å². The van der Waals surface area contributed by atoms with Crippen LogP contribution in [0.1, 0.15) is 24.8 Å². The number of ether oxygens (including phenoxy) is 1. The van der Waals surface area contributed by atoms with Crippen molar-refractivity contribution in [1.29, 1.82) is 0 Å². The Hall–Kier alpha value is -1.39. The number of hydrogen-bond acceptors (Lipinski definition) is 3. The molecule has 4 heteroatoms. The predicted octanol–water partition coefficient (Wildman–Crippen LogP) is 1.53. The van der Waals surface area contributed by atoms with Crippen LogP contribution in [-0.4, -0.2) is 28.9 Å². The third-order valence-electron chi connectivity index (χ3n) is 3.19. The molecule has 0 saturated carbocycles. The third-order valence-corrected chi connectivity index (χ3v) is 3.19. The number of carboxylic acid groups (broad SMARTS) is 1. The van der Waals surface area contributed by atoms with Crippen LogP contribution in [0.5, 0.6) is 0 Å². The lowest BCUT2D eigenvalue weighted by Crippen LogP contribution is -2.49. The quantitative estimate of drug-likeness (QED) is 0.835. The third kappa shape index (κ3) is 2.18. The zero-order chi connectivity index (χ0) is 12.3. The van der Waals surface area contributed by atoms with Crippen LogP contribution in [0.3, 0.4) is 0 Å². The zero-order valence-electron chi connectivity index (χ0n) is 9.50. The SMILES string of the molecule is O=C(O)C(O)(c1ccccc1)C1CCCCO1. The summed E-state index contributed by atoms with van der Waals surface area (Å²) in [6.07, 6.45) is 1.70. The minimum absolute atomic E-state index is 0.374. The van der Waals surface area contributed by atoms with Gasteiger partial charge in [-0.1, -0.05) is 30.3 Å². The number of aliphatic carboxylic acids is 1. The van der Waals surface area contributed by atoms with Crippen molar-refractivity contribution in [2.24, 2.45) is 0 Å². The minimum Gasteiger partial charge on any atom is -0.479 e. The van der Waals surface area contributed by atoms with Gasteiger partial charge < -0.3 is 14.9 Å². The fourth-order valence-electron chi connectivity index (χ4n) is 2.21. The first-order valence-corrected chi connectivity index (χ1v) is 5.78. The first-order valence-electron chi connectivity index (χ1n) is 5.78. The topological polar surface area (TPSA) is 66.8 Å². The molecule has 1 fully saturated rings. The van der Waals surface area contributed by atoms with Gasteiger partial charge in [0.2, 0.25) is 5.60 Å². The molecule has 0 bridgehead atoms. The summed E-state index contributed by atoms with van der Waals surface area (Å²) < 4.78 is 5.43. The molecule has 2 rings (SSSR count). The van der Waals surface area contributed by atoms with E-state index in [1.54, 1.807) is 30.3 Å². The number of hydrogen-bond donors (Lipinski definition) is 2. The summed E-state index contributed by atoms with van der Waals surface area (Å²) in [6.45, 7) is 0.507. The predicted molar refractivity (Wildman–Crippen MR) is 61.6 cm³/mol. The van der Waals surface area contributed by atoms with Crippen molar-refractivity contribution in [3.63, 3.8) is 0 Å². The van der Waals surface area contributed by atoms with Crippen LogP contribution in [0.4, 0.5) is 0 Å². The molecule has 92 valence electrons. The van der Waals surface area contributed by atoms with Crippen LogP contribution in [0.2, 0.25) is 0 Å². The Labute approximate surface area is 99.8 Å². The van der Waals surface area contributed by atoms with Crippen LogP contribution in [0.25, 0.3) is 0 Å². The van der Waals surface area contributed by atoms with Crippen molar-refractivity contribution >= 4 is 5.97 Å². The number of carboxylic acids is 1. The maximum atomic E-state index is 11.4. The number of benzene rings is 1. The Bertz CT molecular complexity index is 384. The van der Waals surface area contributed by atoms with E-state index in [0.717, 1.165) is 12.8 Å². The first kappa shape index (κ1) is 12.1. The highest BCUT2D eigenvalue weighted by molar-refractivity contribution is 5.80. The summed E-state index contributed by atoms with van der Waals surface area (Å²) in [5, 5.41) is 19.8. The van der Waals surface area contributed by atoms with Gasteiger partial charge in [0.25, 0.3) is 0 Å². The average molecular weight is 236 g/mol. The Kier molecular flexibility index (Phi) is 3.45. The van der Waals surface area contributed by atoms with E-state index in [4.69, 9.17) is 4.74 Å². The normalized spacial score (nSPS) is 23.9. The molecular weight excluding hydrogens is 220 g/mol. The smallest absolute Gasteiger partial charge is 0.343 e. The van der Waals surface area contributed by atoms with E-state index in [0.29, 0.717) is 18.6 Å². The van der Waals surface area contributed by atoms with Crippen molar-refractivity contribution in [3.05, 3.63) is 35.9 Å². The molecule has 2 unspecified atom stereocenters. The van der Waals surface area contributed by atoms with E-state index < -0.39 is 17.7 Å². The number of rotatable bonds is 3. The van der Waals surface area contributed by atoms with Crippen molar-refractivity contribution < 1.29 is 19.7 Å². The Morgan fingerprint density at radius 2 is 2.00 bits per heavy atom. The molecule has 2 atom stereocenters. The lowest BCUT2D eigenvalue weighted by Gasteiger charge is -2.35. The molecule has 1 aromatic rings. The van der Waals surface area contributed by atoms with Gasteiger partial charge in [0.05, 0.1) is 0 Å². The molecule has 1 heterocycles. The molecule has 1 saturated heterocycles. The first-order chi connectivity index (χ1) is 8.15. The molecule has 0 spiro atoms. The van der Waals surface area contributed by atoms with Crippen molar-refractivity contribution in [2.45, 2.75) is 31.0 Å². The molecule has 1 aliphatic rings. The van der Waals surface area contributed by atoms with Gasteiger partial charge in [-0.25, -0.2) is 4.79 Å². The van der Waals surface area contributed by atoms with Crippen LogP contribution < -0.4 is 0 Å². The highest BCUT2D eigenvalue weighted by atomic mass is 16.5. The van der Waals surface area contributed by atoms with E-state index in [1.807, 2.05) is 0 Å². The molecule has 0 amide bonds. The van der Waals surface area contributed by atoms with Crippen molar-refractivity contribution in [2.75, 3.05) is 6.61 Å². The van der Waals surface area contributed by atoms with E-state index in [-0.39, 0.29) is 0 Å². The molecule has 1 aromatic carbocycles. The summed E-state index contributed by atoms with van der Waals surface area (Å²) in [7, 11) is 0. The van der Waals surface area contributed by atoms with Gasteiger partial charge in [-0.15, -0.1) is 0 Å². The molecule has 4 nitrogen and oxygen atoms in total. The maximum absolute atomic E-state index is 11.4. The lowest BCUT2D eigenvalue weighted by molar-refractivity contribution is -0.184. The van der Waals surface area contributed by atoms with E-state index in [1.165, 1.54) is 0 Å². The molecule has 2 N–H and O–H groups in total. The summed E-state index contributed by atoms with van der Waals surface area (Å²) >= 11 is 0. The van der Waals surface area contributed by atoms with E-state index in [9.17, 15) is 15.0 Å². The highest BCUT2D eigenvalue weighted by Crippen LogP contribution is 2.32. The van der Waals surface area contributed by atoms with Crippen LogP contribution in [0.15, 0.2) is 30.3 Å². The largest absolute Gasteiger partial charge is 0.479 e. The fraction of sp³-hybridized carbons (Fsp3) is 0.462. The summed E-state index contributed by atoms with van der Waals surface area (Å²) in [5.74, 6) is -1.25. The summed E-state index contributed by atoms with van der Waals surface area (Å²) in [4.78, 5) is 11.4. The van der Waals surface area contributed by atoms with Gasteiger partial charge in [-0.3, -0.25) is 0 Å². The second kappa shape index (κ2) is 4.85. The van der Waals surface area contributed by atoms with Crippen molar-refractivity contribution in [1.82, 2.24) is 0 Å². The highest BCUT2D eigenvalue weighted by Gasteiger charge is 2.47. The van der Waals surface area contributed by atoms with Gasteiger partial charge >= 0.3 is 5.97 Å². The number of carbonyl (C=O) groups is 1. The molecular formula is C13H16O4. The van der Waals surface area contributed by atoms with Crippen LogP contribution >= 0.6 is 0 Å². The number of aliphatic hydroxyl groups is 1. The lowest BCUT2D eigenvalue weighted by atomic mass is 9.84. The second-order valence-corrected chi connectivity index (χ2v) is 4.29. The van der Waals surface area contributed by atoms with Gasteiger partial charge in [0, 0.05) is 6.61 Å². The standard InChI is InChI=1S/C13H16O4/c14-12(15)13(16,10-6-2-1-3-7-10)11-8-4-5-9-17-11/h1-3,6-7,11,16H,4-5,8-9H2,(H,14,15). The van der Waals surface area contributed by atoms with Crippen LogP contribution in [-0.2, 0) is 15.1 Å². The zero-order valence-corrected chi connectivity index (χ0v) is 9.50. The monoisotopic (exact) mass is 236 g/mol. The molecule has 0 radical (unpaired) electrons. The van der Waals surface area contributed by atoms with Crippen molar-refractivity contribution in [3.8, 4) is 0 Å². The van der Waals surface area contributed by atoms with Gasteiger partial charge in [-0.05, 0) is 24.8 Å². The maximum Gasteiger partial charge on any atom is 0.343 e. The van der Waals surface area contributed by atoms with E-state index in [2.05, 4.69) is 0 Å². The Balaban J connectivity index is 2.35. The molecule has 0 aliphatic carbocycles. The van der Waals surface area contributed by atoms with Gasteiger partial charge in [0.15, 0.2) is 0 Å². The molecule has 17 heavy (non-hydrogen) atoms. The second-order valence-electron chi connectivity index (χ2n) is 4.29. The minimum atomic E-state index is -1.94. The average Bonchev–Trinajstić information content (AvgIpc) is 2.39. The van der Waals surface area contributed by atoms with Crippen LogP contribution in [0, 0.1) is 0 Å². The Morgan fingerprint density at radius 1 is 1.29 bits per heavy atom. The molecule has 0 aromatic heterocycles. The summed E-state index contributed by atoms with van der Waals surface area (Å²) in [6, 6.07) is 8.45. The van der Waals surface area contributed by atoms with Gasteiger partial charge in [0.1, 0.15) is 6.10 Å². The fourth-order valence-corrected chi connectivity index (χ4v) is 2.21. The Morgan fingerprint density at radius 3 is 2.53 bits per heavy atom. The summed E-state index contributed by atoms with van der Waals surface area (Å²) in [5.41, 5.74) is -1.57. The molecule has 1 aliphatic heterocycles. The van der Waals surface area contributed by atoms with Gasteiger partial charge in [-0.2, -0.15) is 0 Å².